The molecule has 1 N–H and O–H groups in total. The van der Waals surface area contributed by atoms with Gasteiger partial charge >= 0.3 is 0 Å². The van der Waals surface area contributed by atoms with Crippen LogP contribution < -0.4 is 20.3 Å². The Kier molecular flexibility index (Phi) is 4.45. The number of likely N-dealkylation sites (N-methyl/N-ethyl adjacent to an activating group) is 2. The van der Waals surface area contributed by atoms with Gasteiger partial charge in [-0.05, 0) is 24.6 Å². The van der Waals surface area contributed by atoms with E-state index < -0.39 is 11.6 Å². The van der Waals surface area contributed by atoms with Gasteiger partial charge in [-0.25, -0.2) is 13.8 Å². The molecule has 7 nitrogen and oxygen atoms in total. The average Bonchev–Trinajstić information content (AvgIpc) is 3.19. The highest BCUT2D eigenvalue weighted by molar-refractivity contribution is 6.04. The molecule has 174 valence electrons. The molecular weight excluding hydrogens is 438 g/mol. The molecule has 0 bridgehead atoms. The van der Waals surface area contributed by atoms with Gasteiger partial charge in [0, 0.05) is 68.7 Å². The van der Waals surface area contributed by atoms with E-state index in [9.17, 15) is 9.18 Å². The number of aromatic nitrogens is 3. The molecule has 4 aromatic rings. The number of halogens is 2. The van der Waals surface area contributed by atoms with Crippen molar-refractivity contribution in [2.24, 2.45) is 7.05 Å². The molecular formula is C25H24F2N6O. The number of aryl methyl sites for hydroxylation is 1. The second-order valence-corrected chi connectivity index (χ2v) is 8.93. The molecule has 6 rings (SSSR count). The SMILES string of the molecule is CCN1CCN(C)c2cc3c(cc21)-c1cn(C)c(=O)c2[nH]cc(c12)CN3c1ncc(F)cc1F. The van der Waals surface area contributed by atoms with E-state index in [1.165, 1.54) is 0 Å². The van der Waals surface area contributed by atoms with Crippen LogP contribution in [-0.4, -0.2) is 41.2 Å². The molecule has 1 aromatic carbocycles. The lowest BCUT2D eigenvalue weighted by atomic mass is 9.98. The summed E-state index contributed by atoms with van der Waals surface area (Å²) in [5.74, 6) is -1.42. The maximum absolute atomic E-state index is 15.0. The van der Waals surface area contributed by atoms with Crippen molar-refractivity contribution in [2.75, 3.05) is 41.4 Å². The normalized spacial score (nSPS) is 14.9. The first kappa shape index (κ1) is 20.7. The van der Waals surface area contributed by atoms with Gasteiger partial charge in [-0.2, -0.15) is 0 Å². The number of pyridine rings is 2. The maximum atomic E-state index is 15.0. The molecule has 0 atom stereocenters. The minimum absolute atomic E-state index is 0.0438. The van der Waals surface area contributed by atoms with Crippen LogP contribution in [-0.2, 0) is 13.6 Å². The molecule has 34 heavy (non-hydrogen) atoms. The number of aromatic amines is 1. The van der Waals surface area contributed by atoms with Crippen molar-refractivity contribution >= 4 is 33.8 Å². The molecule has 3 aromatic heterocycles. The zero-order chi connectivity index (χ0) is 23.7. The summed E-state index contributed by atoms with van der Waals surface area (Å²) in [4.78, 5) is 26.4. The summed E-state index contributed by atoms with van der Waals surface area (Å²) in [6.07, 6.45) is 4.66. The first-order chi connectivity index (χ1) is 16.4. The van der Waals surface area contributed by atoms with E-state index in [-0.39, 0.29) is 17.9 Å². The Bertz CT molecular complexity index is 1520. The van der Waals surface area contributed by atoms with Crippen molar-refractivity contribution in [1.29, 1.82) is 0 Å². The summed E-state index contributed by atoms with van der Waals surface area (Å²) in [5.41, 5.74) is 5.88. The summed E-state index contributed by atoms with van der Waals surface area (Å²) in [6.45, 7) is 5.03. The van der Waals surface area contributed by atoms with E-state index in [4.69, 9.17) is 0 Å². The molecule has 9 heteroatoms. The van der Waals surface area contributed by atoms with E-state index in [0.717, 1.165) is 71.0 Å². The lowest BCUT2D eigenvalue weighted by Gasteiger charge is -2.38. The fourth-order valence-electron chi connectivity index (χ4n) is 5.22. The van der Waals surface area contributed by atoms with Crippen LogP contribution in [0.5, 0.6) is 0 Å². The minimum Gasteiger partial charge on any atom is -0.371 e. The van der Waals surface area contributed by atoms with Crippen LogP contribution in [0.1, 0.15) is 12.5 Å². The smallest absolute Gasteiger partial charge is 0.274 e. The van der Waals surface area contributed by atoms with Gasteiger partial charge in [-0.1, -0.05) is 0 Å². The molecule has 0 unspecified atom stereocenters. The number of hydrogen-bond donors (Lipinski definition) is 1. The van der Waals surface area contributed by atoms with Crippen LogP contribution >= 0.6 is 0 Å². The fourth-order valence-corrected chi connectivity index (χ4v) is 5.22. The van der Waals surface area contributed by atoms with E-state index in [2.05, 4.69) is 38.8 Å². The third-order valence-corrected chi connectivity index (χ3v) is 6.97. The summed E-state index contributed by atoms with van der Waals surface area (Å²) in [5, 5.41) is 0.821. The quantitative estimate of drug-likeness (QED) is 0.485. The first-order valence-electron chi connectivity index (χ1n) is 11.3. The van der Waals surface area contributed by atoms with Crippen LogP contribution in [0.4, 0.5) is 31.7 Å². The number of nitrogens with zero attached hydrogens (tertiary/aromatic N) is 5. The zero-order valence-electron chi connectivity index (χ0n) is 19.2. The van der Waals surface area contributed by atoms with Gasteiger partial charge in [0.05, 0.1) is 29.8 Å². The van der Waals surface area contributed by atoms with Gasteiger partial charge in [0.15, 0.2) is 11.6 Å². The summed E-state index contributed by atoms with van der Waals surface area (Å²) < 4.78 is 30.3. The highest BCUT2D eigenvalue weighted by Gasteiger charge is 2.31. The molecule has 2 aliphatic heterocycles. The van der Waals surface area contributed by atoms with Crippen LogP contribution in [0.25, 0.3) is 22.0 Å². The summed E-state index contributed by atoms with van der Waals surface area (Å²) in [6, 6.07) is 5.04. The number of anilines is 4. The molecule has 0 radical (unpaired) electrons. The Hall–Kier alpha value is -3.88. The Labute approximate surface area is 194 Å². The van der Waals surface area contributed by atoms with Crippen molar-refractivity contribution in [3.8, 4) is 11.1 Å². The Balaban J connectivity index is 1.72. The van der Waals surface area contributed by atoms with Gasteiger partial charge in [-0.3, -0.25) is 4.79 Å². The lowest BCUT2D eigenvalue weighted by molar-refractivity contribution is 0.571. The van der Waals surface area contributed by atoms with Crippen LogP contribution in [0.3, 0.4) is 0 Å². The number of H-pyrrole nitrogens is 1. The molecule has 0 spiro atoms. The predicted molar refractivity (Wildman–Crippen MR) is 130 cm³/mol. The summed E-state index contributed by atoms with van der Waals surface area (Å²) >= 11 is 0. The first-order valence-corrected chi connectivity index (χ1v) is 11.3. The highest BCUT2D eigenvalue weighted by Crippen LogP contribution is 2.48. The van der Waals surface area contributed by atoms with Crippen molar-refractivity contribution in [1.82, 2.24) is 14.5 Å². The third kappa shape index (κ3) is 2.85. The molecule has 0 saturated carbocycles. The standard InChI is InChI=1S/C25H24F2N6O/c1-4-32-6-5-30(2)20-9-19-16(8-21(20)32)17-13-31(3)25(34)23-22(17)14(10-28-23)12-33(19)24-18(27)7-15(26)11-29-24/h7-11,13,28H,4-6,12H2,1-3H3. The van der Waals surface area contributed by atoms with Gasteiger partial charge in [0.2, 0.25) is 0 Å². The zero-order valence-corrected chi connectivity index (χ0v) is 19.2. The minimum atomic E-state index is -0.736. The Morgan fingerprint density at radius 2 is 1.88 bits per heavy atom. The molecule has 0 fully saturated rings. The molecule has 0 aliphatic carbocycles. The van der Waals surface area contributed by atoms with Gasteiger partial charge in [-0.15, -0.1) is 0 Å². The van der Waals surface area contributed by atoms with E-state index in [1.807, 2.05) is 13.2 Å². The van der Waals surface area contributed by atoms with Gasteiger partial charge in [0.25, 0.3) is 5.56 Å². The molecule has 0 amide bonds. The predicted octanol–water partition coefficient (Wildman–Crippen LogP) is 4.13. The number of rotatable bonds is 2. The molecule has 0 saturated heterocycles. The van der Waals surface area contributed by atoms with Crippen molar-refractivity contribution < 1.29 is 8.78 Å². The molecule has 2 aliphatic rings. The Morgan fingerprint density at radius 3 is 2.65 bits per heavy atom. The molecule has 5 heterocycles. The van der Waals surface area contributed by atoms with E-state index in [0.29, 0.717) is 5.52 Å². The number of nitrogens with one attached hydrogen (secondary N) is 1. The summed E-state index contributed by atoms with van der Waals surface area (Å²) in [7, 11) is 3.77. The number of hydrogen-bond acceptors (Lipinski definition) is 5. The van der Waals surface area contributed by atoms with Gasteiger partial charge < -0.3 is 24.3 Å². The topological polar surface area (TPSA) is 60.4 Å². The maximum Gasteiger partial charge on any atom is 0.274 e. The van der Waals surface area contributed by atoms with Crippen LogP contribution in [0, 0.1) is 11.6 Å². The van der Waals surface area contributed by atoms with E-state index >= 15 is 4.39 Å². The lowest BCUT2D eigenvalue weighted by Crippen LogP contribution is -2.39. The Morgan fingerprint density at radius 1 is 1.06 bits per heavy atom. The van der Waals surface area contributed by atoms with Crippen molar-refractivity contribution in [3.05, 3.63) is 64.3 Å². The second kappa shape index (κ2) is 7.31. The number of fused-ring (bicyclic) bond motifs is 3. The van der Waals surface area contributed by atoms with E-state index in [1.54, 1.807) is 22.7 Å². The average molecular weight is 463 g/mol. The monoisotopic (exact) mass is 462 g/mol. The highest BCUT2D eigenvalue weighted by atomic mass is 19.1. The van der Waals surface area contributed by atoms with Crippen molar-refractivity contribution in [3.63, 3.8) is 0 Å². The fraction of sp³-hybridized carbons (Fsp3) is 0.280. The van der Waals surface area contributed by atoms with Crippen LogP contribution in [0.15, 0.2) is 41.6 Å². The van der Waals surface area contributed by atoms with Crippen molar-refractivity contribution in [2.45, 2.75) is 13.5 Å². The second-order valence-electron chi connectivity index (χ2n) is 8.93. The van der Waals surface area contributed by atoms with Crippen LogP contribution in [0.2, 0.25) is 0 Å². The number of benzene rings is 1. The third-order valence-electron chi connectivity index (χ3n) is 6.97. The van der Waals surface area contributed by atoms with Gasteiger partial charge in [0.1, 0.15) is 11.3 Å². The largest absolute Gasteiger partial charge is 0.371 e.